The van der Waals surface area contributed by atoms with E-state index in [0.717, 1.165) is 0 Å². The Kier molecular flexibility index (Phi) is 6.52. The lowest BCUT2D eigenvalue weighted by Gasteiger charge is -2.50. The second kappa shape index (κ2) is 7.40. The van der Waals surface area contributed by atoms with Gasteiger partial charge in [-0.05, 0) is 25.1 Å². The largest absolute Gasteiger partial charge is 0.480 e. The van der Waals surface area contributed by atoms with Crippen molar-refractivity contribution in [3.8, 4) is 0 Å². The van der Waals surface area contributed by atoms with Crippen LogP contribution in [-0.2, 0) is 14.0 Å². The van der Waals surface area contributed by atoms with Gasteiger partial charge in [-0.25, -0.2) is 0 Å². The SMILES string of the molecule is C=CCS[C@@H]1[C@@H]([C@@H](C)O[Si](C)(C)C(C)(C)C)C(=O)N1CC(=O)O. The summed E-state index contributed by atoms with van der Waals surface area (Å²) in [6, 6.07) is 0. The molecule has 1 fully saturated rings. The van der Waals surface area contributed by atoms with Crippen molar-refractivity contribution in [2.75, 3.05) is 12.3 Å². The molecule has 1 rings (SSSR count). The molecule has 0 aromatic rings. The summed E-state index contributed by atoms with van der Waals surface area (Å²) >= 11 is 1.55. The van der Waals surface area contributed by atoms with Crippen molar-refractivity contribution in [3.63, 3.8) is 0 Å². The van der Waals surface area contributed by atoms with Crippen LogP contribution in [-0.4, -0.2) is 54.0 Å². The highest BCUT2D eigenvalue weighted by atomic mass is 32.2. The van der Waals surface area contributed by atoms with Crippen LogP contribution in [0.15, 0.2) is 12.7 Å². The molecule has 1 aliphatic heterocycles. The molecular formula is C16H29NO4SSi. The standard InChI is InChI=1S/C16H29NO4SSi/c1-8-9-22-15-13(14(20)17(15)10-12(18)19)11(2)21-23(6,7)16(3,4)5/h8,11,13,15H,1,9-10H2,2-7H3,(H,18,19)/t11-,13+,15-/m1/s1. The summed E-state index contributed by atoms with van der Waals surface area (Å²) < 4.78 is 6.34. The molecule has 0 bridgehead atoms. The fraction of sp³-hybridized carbons (Fsp3) is 0.750. The van der Waals surface area contributed by atoms with Crippen LogP contribution in [0.5, 0.6) is 0 Å². The van der Waals surface area contributed by atoms with Gasteiger partial charge in [-0.15, -0.1) is 18.3 Å². The molecule has 0 aromatic heterocycles. The van der Waals surface area contributed by atoms with Gasteiger partial charge >= 0.3 is 5.97 Å². The first-order valence-electron chi connectivity index (χ1n) is 7.85. The van der Waals surface area contributed by atoms with Crippen molar-refractivity contribution in [2.45, 2.75) is 57.3 Å². The van der Waals surface area contributed by atoms with Gasteiger partial charge < -0.3 is 14.4 Å². The number of amides is 1. The molecule has 3 atom stereocenters. The Bertz CT molecular complexity index is 475. The first kappa shape index (κ1) is 20.3. The molecule has 0 spiro atoms. The van der Waals surface area contributed by atoms with Crippen molar-refractivity contribution in [1.29, 1.82) is 0 Å². The fourth-order valence-corrected chi connectivity index (χ4v) is 5.04. The van der Waals surface area contributed by atoms with Gasteiger partial charge in [-0.1, -0.05) is 26.8 Å². The van der Waals surface area contributed by atoms with E-state index in [4.69, 9.17) is 9.53 Å². The lowest BCUT2D eigenvalue weighted by molar-refractivity contribution is -0.162. The molecule has 0 aromatic carbocycles. The number of carboxylic acids is 1. The Hall–Kier alpha value is -0.793. The summed E-state index contributed by atoms with van der Waals surface area (Å²) in [5, 5.41) is 8.89. The van der Waals surface area contributed by atoms with Crippen molar-refractivity contribution in [3.05, 3.63) is 12.7 Å². The van der Waals surface area contributed by atoms with Gasteiger partial charge in [0.05, 0.1) is 17.4 Å². The number of nitrogens with zero attached hydrogens (tertiary/aromatic N) is 1. The Labute approximate surface area is 144 Å². The first-order valence-corrected chi connectivity index (χ1v) is 11.8. The van der Waals surface area contributed by atoms with Crippen LogP contribution in [0.4, 0.5) is 0 Å². The van der Waals surface area contributed by atoms with Gasteiger partial charge in [-0.2, -0.15) is 0 Å². The Balaban J connectivity index is 2.85. The fourth-order valence-electron chi connectivity index (χ4n) is 2.37. The first-order chi connectivity index (χ1) is 10.4. The van der Waals surface area contributed by atoms with Crippen LogP contribution in [0.25, 0.3) is 0 Å². The molecule has 5 nitrogen and oxygen atoms in total. The third-order valence-corrected chi connectivity index (χ3v) is 10.6. The summed E-state index contributed by atoms with van der Waals surface area (Å²) in [5.74, 6) is -0.718. The number of hydrogen-bond acceptors (Lipinski definition) is 4. The Morgan fingerprint density at radius 2 is 2.09 bits per heavy atom. The molecule has 132 valence electrons. The highest BCUT2D eigenvalue weighted by molar-refractivity contribution is 8.00. The topological polar surface area (TPSA) is 66.8 Å². The van der Waals surface area contributed by atoms with Crippen LogP contribution in [0.2, 0.25) is 18.1 Å². The maximum Gasteiger partial charge on any atom is 0.323 e. The van der Waals surface area contributed by atoms with E-state index in [-0.39, 0.29) is 34.9 Å². The maximum absolute atomic E-state index is 12.4. The number of aliphatic carboxylic acids is 1. The highest BCUT2D eigenvalue weighted by Crippen LogP contribution is 2.42. The molecule has 1 aliphatic rings. The summed E-state index contributed by atoms with van der Waals surface area (Å²) in [7, 11) is -1.97. The molecule has 7 heteroatoms. The average Bonchev–Trinajstić information content (AvgIpc) is 2.38. The van der Waals surface area contributed by atoms with Crippen molar-refractivity contribution < 1.29 is 19.1 Å². The summed E-state index contributed by atoms with van der Waals surface area (Å²) in [5.41, 5.74) is 0. The molecular weight excluding hydrogens is 330 g/mol. The van der Waals surface area contributed by atoms with Crippen molar-refractivity contribution in [1.82, 2.24) is 4.90 Å². The van der Waals surface area contributed by atoms with E-state index < -0.39 is 14.3 Å². The Morgan fingerprint density at radius 1 is 1.52 bits per heavy atom. The van der Waals surface area contributed by atoms with E-state index in [1.165, 1.54) is 4.90 Å². The van der Waals surface area contributed by atoms with Crippen LogP contribution >= 0.6 is 11.8 Å². The van der Waals surface area contributed by atoms with Gasteiger partial charge in [0.2, 0.25) is 5.91 Å². The number of carboxylic acid groups (broad SMARTS) is 1. The molecule has 1 amide bonds. The minimum atomic E-state index is -1.97. The number of β-lactam (4-membered cyclic amide) rings is 1. The average molecular weight is 360 g/mol. The third kappa shape index (κ3) is 4.61. The second-order valence-corrected chi connectivity index (χ2v) is 13.4. The zero-order valence-corrected chi connectivity index (χ0v) is 16.8. The molecule has 1 N–H and O–H groups in total. The van der Waals surface area contributed by atoms with Crippen LogP contribution < -0.4 is 0 Å². The van der Waals surface area contributed by atoms with Gasteiger partial charge in [0.1, 0.15) is 6.54 Å². The highest BCUT2D eigenvalue weighted by Gasteiger charge is 2.52. The van der Waals surface area contributed by atoms with E-state index in [1.54, 1.807) is 17.8 Å². The molecule has 0 radical (unpaired) electrons. The monoisotopic (exact) mass is 359 g/mol. The van der Waals surface area contributed by atoms with Crippen LogP contribution in [0, 0.1) is 5.92 Å². The second-order valence-electron chi connectivity index (χ2n) is 7.48. The number of carbonyl (C=O) groups is 2. The van der Waals surface area contributed by atoms with E-state index in [1.807, 2.05) is 6.92 Å². The molecule has 1 saturated heterocycles. The smallest absolute Gasteiger partial charge is 0.323 e. The van der Waals surface area contributed by atoms with Gasteiger partial charge in [-0.3, -0.25) is 9.59 Å². The van der Waals surface area contributed by atoms with Gasteiger partial charge in [0, 0.05) is 5.75 Å². The predicted molar refractivity (Wildman–Crippen MR) is 97.0 cm³/mol. The maximum atomic E-state index is 12.4. The molecule has 0 unspecified atom stereocenters. The lowest BCUT2D eigenvalue weighted by Crippen LogP contribution is -2.65. The number of likely N-dealkylation sites (tertiary alicyclic amines) is 1. The normalized spacial score (nSPS) is 23.4. The number of carbonyl (C=O) groups excluding carboxylic acids is 1. The van der Waals surface area contributed by atoms with Gasteiger partial charge in [0.15, 0.2) is 8.32 Å². The van der Waals surface area contributed by atoms with E-state index in [0.29, 0.717) is 5.75 Å². The molecule has 1 heterocycles. The van der Waals surface area contributed by atoms with Gasteiger partial charge in [0.25, 0.3) is 0 Å². The van der Waals surface area contributed by atoms with Crippen LogP contribution in [0.1, 0.15) is 27.7 Å². The minimum absolute atomic E-state index is 0.0680. The van der Waals surface area contributed by atoms with E-state index in [2.05, 4.69) is 40.4 Å². The third-order valence-electron chi connectivity index (χ3n) is 4.67. The zero-order valence-electron chi connectivity index (χ0n) is 15.0. The lowest BCUT2D eigenvalue weighted by atomic mass is 9.93. The summed E-state index contributed by atoms with van der Waals surface area (Å²) in [4.78, 5) is 24.8. The number of hydrogen-bond donors (Lipinski definition) is 1. The predicted octanol–water partition coefficient (Wildman–Crippen LogP) is 3.19. The van der Waals surface area contributed by atoms with E-state index in [9.17, 15) is 9.59 Å². The quantitative estimate of drug-likeness (QED) is 0.409. The summed E-state index contributed by atoms with van der Waals surface area (Å²) in [6.45, 7) is 16.2. The summed E-state index contributed by atoms with van der Waals surface area (Å²) in [6.07, 6.45) is 1.55. The van der Waals surface area contributed by atoms with Crippen LogP contribution in [0.3, 0.4) is 0 Å². The van der Waals surface area contributed by atoms with Crippen molar-refractivity contribution >= 4 is 32.0 Å². The zero-order chi connectivity index (χ0) is 18.0. The minimum Gasteiger partial charge on any atom is -0.480 e. The van der Waals surface area contributed by atoms with Crippen molar-refractivity contribution in [2.24, 2.45) is 5.92 Å². The Morgan fingerprint density at radius 3 is 2.52 bits per heavy atom. The molecule has 0 saturated carbocycles. The molecule has 23 heavy (non-hydrogen) atoms. The number of rotatable bonds is 8. The van der Waals surface area contributed by atoms with E-state index >= 15 is 0 Å². The number of thioether (sulfide) groups is 1. The molecule has 0 aliphatic carbocycles.